The van der Waals surface area contributed by atoms with Crippen molar-refractivity contribution < 1.29 is 4.79 Å². The van der Waals surface area contributed by atoms with Crippen LogP contribution in [0.1, 0.15) is 41.8 Å². The van der Waals surface area contributed by atoms with Crippen LogP contribution in [0.2, 0.25) is 0 Å². The molecule has 21 heavy (non-hydrogen) atoms. The summed E-state index contributed by atoms with van der Waals surface area (Å²) < 4.78 is 0. The van der Waals surface area contributed by atoms with Crippen LogP contribution in [0, 0.1) is 5.92 Å². The molecule has 1 aliphatic carbocycles. The fourth-order valence-electron chi connectivity index (χ4n) is 2.68. The van der Waals surface area contributed by atoms with Crippen LogP contribution in [0.4, 0.5) is 10.9 Å². The molecule has 1 saturated heterocycles. The second-order valence-corrected chi connectivity index (χ2v) is 7.02. The molecule has 2 heterocycles. The maximum atomic E-state index is 12.2. The zero-order chi connectivity index (χ0) is 14.8. The monoisotopic (exact) mass is 309 g/mol. The van der Waals surface area contributed by atoms with Crippen molar-refractivity contribution in [1.82, 2.24) is 10.3 Å². The van der Waals surface area contributed by atoms with Gasteiger partial charge in [-0.1, -0.05) is 24.2 Å². The van der Waals surface area contributed by atoms with E-state index >= 15 is 0 Å². The first kappa shape index (κ1) is 14.6. The molecule has 3 rings (SSSR count). The molecule has 0 bridgehead atoms. The van der Waals surface area contributed by atoms with Gasteiger partial charge in [-0.25, -0.2) is 4.98 Å². The highest BCUT2D eigenvalue weighted by atomic mass is 32.1. The van der Waals surface area contributed by atoms with E-state index in [2.05, 4.69) is 15.2 Å². The van der Waals surface area contributed by atoms with Crippen LogP contribution >= 0.6 is 11.3 Å². The van der Waals surface area contributed by atoms with Crippen LogP contribution in [-0.4, -0.2) is 36.6 Å². The van der Waals surface area contributed by atoms with Gasteiger partial charge in [0.25, 0.3) is 5.91 Å². The molecular formula is C14H23N5OS. The molecule has 116 valence electrons. The molecule has 7 heteroatoms. The number of hydrogen-bond acceptors (Lipinski definition) is 6. The molecule has 2 aliphatic rings. The number of anilines is 2. The van der Waals surface area contributed by atoms with E-state index in [-0.39, 0.29) is 11.9 Å². The Bertz CT molecular complexity index is 513. The topological polar surface area (TPSA) is 97.3 Å². The van der Waals surface area contributed by atoms with E-state index < -0.39 is 0 Å². The highest BCUT2D eigenvalue weighted by molar-refractivity contribution is 7.18. The summed E-state index contributed by atoms with van der Waals surface area (Å²) >= 11 is 1.37. The molecule has 0 aromatic carbocycles. The average Bonchev–Trinajstić information content (AvgIpc) is 3.19. The lowest BCUT2D eigenvalue weighted by molar-refractivity contribution is 0.0957. The van der Waals surface area contributed by atoms with E-state index in [0.717, 1.165) is 49.9 Å². The standard InChI is InChI=1S/C14H23N5OS/c15-10-2-1-7-19(8-10)14-18-12(16)11(21-14)13(20)17-6-5-9-3-4-9/h9-10H,1-8,15-16H2,(H,17,20). The third-order valence-electron chi connectivity index (χ3n) is 4.11. The predicted octanol–water partition coefficient (Wildman–Crippen LogP) is 1.18. The van der Waals surface area contributed by atoms with Gasteiger partial charge in [0.2, 0.25) is 0 Å². The Morgan fingerprint density at radius 3 is 2.95 bits per heavy atom. The van der Waals surface area contributed by atoms with Crippen LogP contribution < -0.4 is 21.7 Å². The maximum Gasteiger partial charge on any atom is 0.265 e. The van der Waals surface area contributed by atoms with E-state index in [1.54, 1.807) is 0 Å². The van der Waals surface area contributed by atoms with Gasteiger partial charge in [0.15, 0.2) is 5.13 Å². The van der Waals surface area contributed by atoms with Crippen LogP contribution in [0.5, 0.6) is 0 Å². The van der Waals surface area contributed by atoms with Gasteiger partial charge in [-0.2, -0.15) is 0 Å². The lowest BCUT2D eigenvalue weighted by atomic mass is 10.1. The first-order chi connectivity index (χ1) is 10.1. The second kappa shape index (κ2) is 6.19. The molecule has 1 atom stereocenters. The lowest BCUT2D eigenvalue weighted by Gasteiger charge is -2.30. The number of carbonyl (C=O) groups excluding carboxylic acids is 1. The quantitative estimate of drug-likeness (QED) is 0.759. The van der Waals surface area contributed by atoms with Gasteiger partial charge in [0.05, 0.1) is 0 Å². The number of nitrogens with zero attached hydrogens (tertiary/aromatic N) is 2. The number of piperidine rings is 1. The van der Waals surface area contributed by atoms with E-state index in [0.29, 0.717) is 10.7 Å². The Hall–Kier alpha value is -1.34. The lowest BCUT2D eigenvalue weighted by Crippen LogP contribution is -2.42. The molecule has 1 unspecified atom stereocenters. The summed E-state index contributed by atoms with van der Waals surface area (Å²) in [5.74, 6) is 1.05. The van der Waals surface area contributed by atoms with Gasteiger partial charge in [-0.15, -0.1) is 0 Å². The molecule has 1 saturated carbocycles. The zero-order valence-corrected chi connectivity index (χ0v) is 13.0. The fourth-order valence-corrected chi connectivity index (χ4v) is 3.62. The summed E-state index contributed by atoms with van der Waals surface area (Å²) in [6.45, 7) is 2.45. The van der Waals surface area contributed by atoms with Crippen molar-refractivity contribution in [2.24, 2.45) is 11.7 Å². The van der Waals surface area contributed by atoms with Gasteiger partial charge < -0.3 is 21.7 Å². The summed E-state index contributed by atoms with van der Waals surface area (Å²) in [7, 11) is 0. The van der Waals surface area contributed by atoms with Crippen LogP contribution in [0.15, 0.2) is 0 Å². The first-order valence-corrected chi connectivity index (χ1v) is 8.50. The van der Waals surface area contributed by atoms with Crippen LogP contribution in [0.3, 0.4) is 0 Å². The minimum atomic E-state index is -0.0989. The van der Waals surface area contributed by atoms with Gasteiger partial charge in [0.1, 0.15) is 10.7 Å². The van der Waals surface area contributed by atoms with Gasteiger partial charge >= 0.3 is 0 Å². The normalized spacial score (nSPS) is 22.3. The molecule has 6 nitrogen and oxygen atoms in total. The number of carbonyl (C=O) groups is 1. The smallest absolute Gasteiger partial charge is 0.265 e. The summed E-state index contributed by atoms with van der Waals surface area (Å²) in [6.07, 6.45) is 5.78. The minimum Gasteiger partial charge on any atom is -0.382 e. The summed E-state index contributed by atoms with van der Waals surface area (Å²) in [5, 5.41) is 3.76. The first-order valence-electron chi connectivity index (χ1n) is 7.68. The number of hydrogen-bond donors (Lipinski definition) is 3. The molecular weight excluding hydrogens is 286 g/mol. The summed E-state index contributed by atoms with van der Waals surface area (Å²) in [5.41, 5.74) is 11.9. The Balaban J connectivity index is 1.61. The minimum absolute atomic E-state index is 0.0989. The van der Waals surface area contributed by atoms with Crippen molar-refractivity contribution >= 4 is 28.2 Å². The van der Waals surface area contributed by atoms with E-state index in [9.17, 15) is 4.79 Å². The number of nitrogens with one attached hydrogen (secondary N) is 1. The van der Waals surface area contributed by atoms with Crippen molar-refractivity contribution in [1.29, 1.82) is 0 Å². The Kier molecular flexibility index (Phi) is 4.30. The van der Waals surface area contributed by atoms with Crippen molar-refractivity contribution in [2.45, 2.75) is 38.1 Å². The molecule has 0 spiro atoms. The second-order valence-electron chi connectivity index (χ2n) is 6.05. The van der Waals surface area contributed by atoms with Crippen LogP contribution in [-0.2, 0) is 0 Å². The Morgan fingerprint density at radius 1 is 1.43 bits per heavy atom. The van der Waals surface area contributed by atoms with Crippen molar-refractivity contribution in [3.8, 4) is 0 Å². The number of aromatic nitrogens is 1. The number of thiazole rings is 1. The molecule has 2 fully saturated rings. The fraction of sp³-hybridized carbons (Fsp3) is 0.714. The summed E-state index contributed by atoms with van der Waals surface area (Å²) in [4.78, 5) is 19.2. The number of nitrogens with two attached hydrogens (primary N) is 2. The highest BCUT2D eigenvalue weighted by Gasteiger charge is 2.24. The molecule has 1 amide bonds. The third kappa shape index (κ3) is 3.65. The number of amides is 1. The SMILES string of the molecule is Nc1nc(N2CCCC(N)C2)sc1C(=O)NCCC1CC1. The van der Waals surface area contributed by atoms with Crippen molar-refractivity contribution in [3.05, 3.63) is 4.88 Å². The van der Waals surface area contributed by atoms with Crippen molar-refractivity contribution in [3.63, 3.8) is 0 Å². The van der Waals surface area contributed by atoms with Gasteiger partial charge in [-0.3, -0.25) is 4.79 Å². The molecule has 0 radical (unpaired) electrons. The highest BCUT2D eigenvalue weighted by Crippen LogP contribution is 2.32. The molecule has 5 N–H and O–H groups in total. The van der Waals surface area contributed by atoms with E-state index in [1.807, 2.05) is 0 Å². The zero-order valence-electron chi connectivity index (χ0n) is 12.2. The molecule has 1 aromatic heterocycles. The van der Waals surface area contributed by atoms with Gasteiger partial charge in [0, 0.05) is 25.7 Å². The van der Waals surface area contributed by atoms with Gasteiger partial charge in [-0.05, 0) is 25.2 Å². The average molecular weight is 309 g/mol. The Morgan fingerprint density at radius 2 is 2.24 bits per heavy atom. The maximum absolute atomic E-state index is 12.2. The number of rotatable bonds is 5. The van der Waals surface area contributed by atoms with Crippen molar-refractivity contribution in [2.75, 3.05) is 30.3 Å². The Labute approximate surface area is 128 Å². The molecule has 1 aliphatic heterocycles. The molecule has 1 aromatic rings. The third-order valence-corrected chi connectivity index (χ3v) is 5.24. The van der Waals surface area contributed by atoms with E-state index in [4.69, 9.17) is 11.5 Å². The predicted molar refractivity (Wildman–Crippen MR) is 85.6 cm³/mol. The van der Waals surface area contributed by atoms with E-state index in [1.165, 1.54) is 24.2 Å². The summed E-state index contributed by atoms with van der Waals surface area (Å²) in [6, 6.07) is 0.180. The number of nitrogen functional groups attached to an aromatic ring is 1. The largest absolute Gasteiger partial charge is 0.382 e. The van der Waals surface area contributed by atoms with Crippen LogP contribution in [0.25, 0.3) is 0 Å².